The lowest BCUT2D eigenvalue weighted by atomic mass is 9.80. The number of rotatable bonds is 3. The minimum atomic E-state index is 0.460. The highest BCUT2D eigenvalue weighted by Gasteiger charge is 2.24. The molecule has 98 valence electrons. The average molecular weight is 262 g/mol. The molecular formula is C15H22N2S. The second-order valence-electron chi connectivity index (χ2n) is 5.59. The second kappa shape index (κ2) is 5.70. The Morgan fingerprint density at radius 2 is 1.89 bits per heavy atom. The standard InChI is InChI=1S/C15H22N2S/c1-10-3-8-14(11(2)9-10)17-13-6-4-12(5-7-13)15(16)18/h4-7,10-11,14,17H,3,8-9H2,1-2H3,(H2,16,18). The van der Waals surface area contributed by atoms with Crippen LogP contribution in [-0.2, 0) is 0 Å². The van der Waals surface area contributed by atoms with Gasteiger partial charge in [-0.2, -0.15) is 0 Å². The summed E-state index contributed by atoms with van der Waals surface area (Å²) in [4.78, 5) is 0.460. The van der Waals surface area contributed by atoms with Crippen molar-refractivity contribution < 1.29 is 0 Å². The Kier molecular flexibility index (Phi) is 4.23. The Morgan fingerprint density at radius 1 is 1.22 bits per heavy atom. The van der Waals surface area contributed by atoms with E-state index in [-0.39, 0.29) is 0 Å². The van der Waals surface area contributed by atoms with Crippen LogP contribution in [0.1, 0.15) is 38.7 Å². The molecule has 3 N–H and O–H groups in total. The Hall–Kier alpha value is -1.09. The van der Waals surface area contributed by atoms with Crippen LogP contribution in [0.4, 0.5) is 5.69 Å². The Labute approximate surface area is 115 Å². The molecular weight excluding hydrogens is 240 g/mol. The van der Waals surface area contributed by atoms with Crippen molar-refractivity contribution in [2.45, 2.75) is 39.2 Å². The Balaban J connectivity index is 1.99. The van der Waals surface area contributed by atoms with Crippen molar-refractivity contribution in [2.24, 2.45) is 17.6 Å². The lowest BCUT2D eigenvalue weighted by Gasteiger charge is -2.33. The second-order valence-corrected chi connectivity index (χ2v) is 6.03. The molecule has 2 rings (SSSR count). The van der Waals surface area contributed by atoms with Gasteiger partial charge in [0.15, 0.2) is 0 Å². The van der Waals surface area contributed by atoms with Gasteiger partial charge in [-0.25, -0.2) is 0 Å². The van der Waals surface area contributed by atoms with E-state index in [1.807, 2.05) is 12.1 Å². The smallest absolute Gasteiger partial charge is 0.103 e. The molecule has 0 aliphatic heterocycles. The number of hydrogen-bond donors (Lipinski definition) is 2. The van der Waals surface area contributed by atoms with Crippen molar-refractivity contribution in [2.75, 3.05) is 5.32 Å². The van der Waals surface area contributed by atoms with Crippen molar-refractivity contribution in [3.63, 3.8) is 0 Å². The molecule has 3 heteroatoms. The van der Waals surface area contributed by atoms with Gasteiger partial charge < -0.3 is 11.1 Å². The molecule has 1 saturated carbocycles. The molecule has 1 aromatic carbocycles. The quantitative estimate of drug-likeness (QED) is 0.818. The molecule has 1 aliphatic rings. The summed E-state index contributed by atoms with van der Waals surface area (Å²) in [5, 5.41) is 3.63. The van der Waals surface area contributed by atoms with Crippen LogP contribution in [0.15, 0.2) is 24.3 Å². The van der Waals surface area contributed by atoms with E-state index in [1.54, 1.807) is 0 Å². The van der Waals surface area contributed by atoms with Crippen molar-refractivity contribution in [1.29, 1.82) is 0 Å². The van der Waals surface area contributed by atoms with Gasteiger partial charge in [0.2, 0.25) is 0 Å². The van der Waals surface area contributed by atoms with E-state index >= 15 is 0 Å². The summed E-state index contributed by atoms with van der Waals surface area (Å²) in [5.41, 5.74) is 7.70. The summed E-state index contributed by atoms with van der Waals surface area (Å²) in [6.07, 6.45) is 3.91. The summed E-state index contributed by atoms with van der Waals surface area (Å²) < 4.78 is 0. The van der Waals surface area contributed by atoms with Crippen LogP contribution in [-0.4, -0.2) is 11.0 Å². The van der Waals surface area contributed by atoms with Gasteiger partial charge >= 0.3 is 0 Å². The van der Waals surface area contributed by atoms with Gasteiger partial charge in [0, 0.05) is 17.3 Å². The minimum Gasteiger partial charge on any atom is -0.389 e. The third kappa shape index (κ3) is 3.22. The van der Waals surface area contributed by atoms with Gasteiger partial charge in [-0.05, 0) is 55.4 Å². The zero-order valence-electron chi connectivity index (χ0n) is 11.1. The number of benzene rings is 1. The maximum Gasteiger partial charge on any atom is 0.103 e. The van der Waals surface area contributed by atoms with Crippen molar-refractivity contribution >= 4 is 22.9 Å². The molecule has 0 saturated heterocycles. The molecule has 0 aromatic heterocycles. The third-order valence-corrected chi connectivity index (χ3v) is 4.19. The predicted octanol–water partition coefficient (Wildman–Crippen LogP) is 3.56. The highest BCUT2D eigenvalue weighted by atomic mass is 32.1. The van der Waals surface area contributed by atoms with Crippen LogP contribution >= 0.6 is 12.2 Å². The Morgan fingerprint density at radius 3 is 2.44 bits per heavy atom. The first-order chi connectivity index (χ1) is 8.56. The summed E-state index contributed by atoms with van der Waals surface area (Å²) in [6.45, 7) is 4.69. The highest BCUT2D eigenvalue weighted by Crippen LogP contribution is 2.30. The van der Waals surface area contributed by atoms with Gasteiger partial charge in [-0.15, -0.1) is 0 Å². The number of thiocarbonyl (C=S) groups is 1. The van der Waals surface area contributed by atoms with Crippen LogP contribution in [0.5, 0.6) is 0 Å². The van der Waals surface area contributed by atoms with Crippen molar-refractivity contribution in [3.05, 3.63) is 29.8 Å². The number of nitrogens with two attached hydrogens (primary N) is 1. The van der Waals surface area contributed by atoms with E-state index in [0.29, 0.717) is 11.0 Å². The van der Waals surface area contributed by atoms with Crippen LogP contribution in [0.3, 0.4) is 0 Å². The fourth-order valence-corrected chi connectivity index (χ4v) is 2.96. The van der Waals surface area contributed by atoms with E-state index in [1.165, 1.54) is 24.9 Å². The molecule has 3 unspecified atom stereocenters. The molecule has 0 bridgehead atoms. The van der Waals surface area contributed by atoms with Gasteiger partial charge in [0.25, 0.3) is 0 Å². The number of hydrogen-bond acceptors (Lipinski definition) is 2. The number of nitrogens with one attached hydrogen (secondary N) is 1. The van der Waals surface area contributed by atoms with E-state index in [4.69, 9.17) is 18.0 Å². The fourth-order valence-electron chi connectivity index (χ4n) is 2.82. The van der Waals surface area contributed by atoms with Gasteiger partial charge in [0.1, 0.15) is 4.99 Å². The summed E-state index contributed by atoms with van der Waals surface area (Å²) in [6, 6.07) is 8.71. The highest BCUT2D eigenvalue weighted by molar-refractivity contribution is 7.80. The van der Waals surface area contributed by atoms with Crippen molar-refractivity contribution in [1.82, 2.24) is 0 Å². The first-order valence-corrected chi connectivity index (χ1v) is 7.13. The normalized spacial score (nSPS) is 27.8. The van der Waals surface area contributed by atoms with E-state index < -0.39 is 0 Å². The molecule has 0 spiro atoms. The lowest BCUT2D eigenvalue weighted by molar-refractivity contribution is 0.276. The largest absolute Gasteiger partial charge is 0.389 e. The minimum absolute atomic E-state index is 0.460. The first kappa shape index (κ1) is 13.3. The van der Waals surface area contributed by atoms with Gasteiger partial charge in [-0.3, -0.25) is 0 Å². The van der Waals surface area contributed by atoms with Crippen LogP contribution < -0.4 is 11.1 Å². The molecule has 3 atom stereocenters. The molecule has 18 heavy (non-hydrogen) atoms. The number of anilines is 1. The molecule has 0 radical (unpaired) electrons. The van der Waals surface area contributed by atoms with Crippen LogP contribution in [0, 0.1) is 11.8 Å². The molecule has 1 aliphatic carbocycles. The average Bonchev–Trinajstić information content (AvgIpc) is 2.33. The van der Waals surface area contributed by atoms with E-state index in [9.17, 15) is 0 Å². The summed E-state index contributed by atoms with van der Waals surface area (Å²) in [7, 11) is 0. The predicted molar refractivity (Wildman–Crippen MR) is 81.9 cm³/mol. The summed E-state index contributed by atoms with van der Waals surface area (Å²) >= 11 is 4.96. The third-order valence-electron chi connectivity index (χ3n) is 3.95. The molecule has 1 fully saturated rings. The SMILES string of the molecule is CC1CCC(Nc2ccc(C(N)=S)cc2)C(C)C1. The zero-order chi connectivity index (χ0) is 13.1. The van der Waals surface area contributed by atoms with E-state index in [0.717, 1.165) is 17.4 Å². The zero-order valence-corrected chi connectivity index (χ0v) is 12.0. The van der Waals surface area contributed by atoms with Crippen LogP contribution in [0.2, 0.25) is 0 Å². The van der Waals surface area contributed by atoms with Crippen LogP contribution in [0.25, 0.3) is 0 Å². The maximum absolute atomic E-state index is 5.60. The van der Waals surface area contributed by atoms with Gasteiger partial charge in [-0.1, -0.05) is 26.1 Å². The lowest BCUT2D eigenvalue weighted by Crippen LogP contribution is -2.32. The monoisotopic (exact) mass is 262 g/mol. The van der Waals surface area contributed by atoms with Gasteiger partial charge in [0.05, 0.1) is 0 Å². The van der Waals surface area contributed by atoms with Crippen molar-refractivity contribution in [3.8, 4) is 0 Å². The topological polar surface area (TPSA) is 38.0 Å². The molecule has 0 heterocycles. The fraction of sp³-hybridized carbons (Fsp3) is 0.533. The molecule has 1 aromatic rings. The Bertz CT molecular complexity index is 413. The molecule has 0 amide bonds. The van der Waals surface area contributed by atoms with E-state index in [2.05, 4.69) is 31.3 Å². The molecule has 2 nitrogen and oxygen atoms in total. The first-order valence-electron chi connectivity index (χ1n) is 6.72. The maximum atomic E-state index is 5.60. The summed E-state index contributed by atoms with van der Waals surface area (Å²) in [5.74, 6) is 1.61.